The Bertz CT molecular complexity index is 892. The standard InChI is InChI=1S/C26H32F2N2/c1-18-6-9-21(10-7-18)16-29-13-4-5-26(20(29)3)30-14-12-23(25(28)17-30)22-11-8-19(2)24(27)15-22/h6-11,15,23,25-26H,3-5,12-14,16-17H2,1-2H3. The van der Waals surface area contributed by atoms with Crippen LogP contribution < -0.4 is 0 Å². The smallest absolute Gasteiger partial charge is 0.126 e. The predicted molar refractivity (Wildman–Crippen MR) is 119 cm³/mol. The minimum absolute atomic E-state index is 0.193. The van der Waals surface area contributed by atoms with Crippen molar-refractivity contribution in [3.63, 3.8) is 0 Å². The van der Waals surface area contributed by atoms with E-state index in [9.17, 15) is 4.39 Å². The van der Waals surface area contributed by atoms with Crippen molar-refractivity contribution in [1.82, 2.24) is 9.80 Å². The Kier molecular flexibility index (Phi) is 6.24. The highest BCUT2D eigenvalue weighted by atomic mass is 19.1. The molecular weight excluding hydrogens is 378 g/mol. The molecule has 0 spiro atoms. The Labute approximate surface area is 179 Å². The molecule has 2 aliphatic heterocycles. The first-order chi connectivity index (χ1) is 14.4. The van der Waals surface area contributed by atoms with Crippen LogP contribution in [-0.4, -0.2) is 41.6 Å². The summed E-state index contributed by atoms with van der Waals surface area (Å²) in [6, 6.07) is 14.0. The number of halogens is 2. The van der Waals surface area contributed by atoms with Gasteiger partial charge in [0.1, 0.15) is 12.0 Å². The second-order valence-electron chi connectivity index (χ2n) is 8.97. The van der Waals surface area contributed by atoms with E-state index in [0.29, 0.717) is 18.5 Å². The fourth-order valence-corrected chi connectivity index (χ4v) is 4.91. The van der Waals surface area contributed by atoms with Crippen molar-refractivity contribution in [2.75, 3.05) is 19.6 Å². The van der Waals surface area contributed by atoms with Crippen molar-refractivity contribution in [2.24, 2.45) is 0 Å². The normalized spacial score (nSPS) is 25.5. The van der Waals surface area contributed by atoms with Crippen molar-refractivity contribution < 1.29 is 8.78 Å². The van der Waals surface area contributed by atoms with Gasteiger partial charge in [-0.05, 0) is 62.4 Å². The van der Waals surface area contributed by atoms with Gasteiger partial charge in [0, 0.05) is 37.3 Å². The number of hydrogen-bond donors (Lipinski definition) is 0. The van der Waals surface area contributed by atoms with Crippen molar-refractivity contribution in [3.05, 3.63) is 82.8 Å². The molecule has 30 heavy (non-hydrogen) atoms. The maximum absolute atomic E-state index is 15.2. The van der Waals surface area contributed by atoms with E-state index in [4.69, 9.17) is 0 Å². The van der Waals surface area contributed by atoms with E-state index in [0.717, 1.165) is 43.7 Å². The lowest BCUT2D eigenvalue weighted by Crippen LogP contribution is -2.51. The number of alkyl halides is 1. The molecule has 2 fully saturated rings. The van der Waals surface area contributed by atoms with Crippen LogP contribution >= 0.6 is 0 Å². The first-order valence-electron chi connectivity index (χ1n) is 11.1. The van der Waals surface area contributed by atoms with Crippen LogP contribution in [0.1, 0.15) is 47.4 Å². The molecule has 2 saturated heterocycles. The minimum atomic E-state index is -0.985. The average molecular weight is 411 g/mol. The molecule has 4 rings (SSSR count). The maximum atomic E-state index is 15.2. The van der Waals surface area contributed by atoms with Crippen LogP contribution in [0.5, 0.6) is 0 Å². The number of hydrogen-bond acceptors (Lipinski definition) is 2. The summed E-state index contributed by atoms with van der Waals surface area (Å²) in [4.78, 5) is 4.61. The van der Waals surface area contributed by atoms with Gasteiger partial charge in [-0.15, -0.1) is 0 Å². The predicted octanol–water partition coefficient (Wildman–Crippen LogP) is 5.75. The second-order valence-corrected chi connectivity index (χ2v) is 8.97. The van der Waals surface area contributed by atoms with Gasteiger partial charge in [-0.2, -0.15) is 0 Å². The fourth-order valence-electron chi connectivity index (χ4n) is 4.91. The van der Waals surface area contributed by atoms with E-state index >= 15 is 4.39 Å². The van der Waals surface area contributed by atoms with Gasteiger partial charge in [0.25, 0.3) is 0 Å². The van der Waals surface area contributed by atoms with Gasteiger partial charge in [-0.25, -0.2) is 8.78 Å². The molecule has 2 aromatic carbocycles. The maximum Gasteiger partial charge on any atom is 0.126 e. The summed E-state index contributed by atoms with van der Waals surface area (Å²) in [6.45, 7) is 11.3. The van der Waals surface area contributed by atoms with Crippen LogP contribution in [0, 0.1) is 19.7 Å². The summed E-state index contributed by atoms with van der Waals surface area (Å²) in [5.74, 6) is -0.466. The third kappa shape index (κ3) is 4.44. The molecule has 0 N–H and O–H groups in total. The lowest BCUT2D eigenvalue weighted by Gasteiger charge is -2.45. The monoisotopic (exact) mass is 410 g/mol. The van der Waals surface area contributed by atoms with Crippen LogP contribution in [-0.2, 0) is 6.54 Å². The zero-order valence-electron chi connectivity index (χ0n) is 18.1. The van der Waals surface area contributed by atoms with Gasteiger partial charge < -0.3 is 4.90 Å². The summed E-state index contributed by atoms with van der Waals surface area (Å²) < 4.78 is 29.1. The van der Waals surface area contributed by atoms with E-state index in [-0.39, 0.29) is 17.8 Å². The lowest BCUT2D eigenvalue weighted by molar-refractivity contribution is 0.0656. The Morgan fingerprint density at radius 1 is 1.03 bits per heavy atom. The van der Waals surface area contributed by atoms with E-state index in [2.05, 4.69) is 47.6 Å². The van der Waals surface area contributed by atoms with Crippen molar-refractivity contribution in [3.8, 4) is 0 Å². The summed E-state index contributed by atoms with van der Waals surface area (Å²) in [5.41, 5.74) is 5.05. The molecule has 0 saturated carbocycles. The van der Waals surface area contributed by atoms with Gasteiger partial charge in [-0.3, -0.25) is 4.90 Å². The largest absolute Gasteiger partial charge is 0.370 e. The third-order valence-corrected chi connectivity index (χ3v) is 6.83. The zero-order valence-corrected chi connectivity index (χ0v) is 18.1. The molecule has 0 aromatic heterocycles. The molecule has 2 aromatic rings. The first-order valence-corrected chi connectivity index (χ1v) is 11.1. The van der Waals surface area contributed by atoms with Crippen LogP contribution in [0.4, 0.5) is 8.78 Å². The van der Waals surface area contributed by atoms with Crippen LogP contribution in [0.2, 0.25) is 0 Å². The first kappa shape index (κ1) is 21.0. The lowest BCUT2D eigenvalue weighted by atomic mass is 9.86. The summed E-state index contributed by atoms with van der Waals surface area (Å²) in [5, 5.41) is 0. The van der Waals surface area contributed by atoms with Gasteiger partial charge in [0.05, 0.1) is 0 Å². The quantitative estimate of drug-likeness (QED) is 0.633. The molecule has 0 amide bonds. The molecule has 0 aliphatic carbocycles. The SMILES string of the molecule is C=C1C(N2CCC(c3ccc(C)c(F)c3)C(F)C2)CCCN1Cc1ccc(C)cc1. The molecule has 2 heterocycles. The molecule has 2 nitrogen and oxygen atoms in total. The Morgan fingerprint density at radius 3 is 2.50 bits per heavy atom. The molecular formula is C26H32F2N2. The molecule has 160 valence electrons. The van der Waals surface area contributed by atoms with Crippen molar-refractivity contribution in [2.45, 2.75) is 57.8 Å². The highest BCUT2D eigenvalue weighted by Gasteiger charge is 2.36. The molecule has 3 unspecified atom stereocenters. The molecule has 0 radical (unpaired) electrons. The number of rotatable bonds is 4. The second kappa shape index (κ2) is 8.89. The van der Waals surface area contributed by atoms with Gasteiger partial charge in [-0.1, -0.05) is 48.5 Å². The van der Waals surface area contributed by atoms with Gasteiger partial charge in [0.2, 0.25) is 0 Å². The number of aryl methyl sites for hydroxylation is 2. The van der Waals surface area contributed by atoms with Gasteiger partial charge >= 0.3 is 0 Å². The fraction of sp³-hybridized carbons (Fsp3) is 0.462. The van der Waals surface area contributed by atoms with Gasteiger partial charge in [0.15, 0.2) is 0 Å². The summed E-state index contributed by atoms with van der Waals surface area (Å²) in [7, 11) is 0. The molecule has 4 heteroatoms. The molecule has 3 atom stereocenters. The Morgan fingerprint density at radius 2 is 1.80 bits per heavy atom. The summed E-state index contributed by atoms with van der Waals surface area (Å²) >= 11 is 0. The molecule has 0 bridgehead atoms. The van der Waals surface area contributed by atoms with E-state index in [1.54, 1.807) is 13.0 Å². The Hall–Kier alpha value is -2.20. The van der Waals surface area contributed by atoms with E-state index in [1.165, 1.54) is 17.2 Å². The third-order valence-electron chi connectivity index (χ3n) is 6.83. The topological polar surface area (TPSA) is 6.48 Å². The molecule has 2 aliphatic rings. The van der Waals surface area contributed by atoms with E-state index < -0.39 is 6.17 Å². The highest BCUT2D eigenvalue weighted by Crippen LogP contribution is 2.35. The highest BCUT2D eigenvalue weighted by molar-refractivity contribution is 5.28. The van der Waals surface area contributed by atoms with Crippen LogP contribution in [0.3, 0.4) is 0 Å². The number of nitrogens with zero attached hydrogens (tertiary/aromatic N) is 2. The number of likely N-dealkylation sites (tertiary alicyclic amines) is 2. The number of benzene rings is 2. The van der Waals surface area contributed by atoms with Crippen LogP contribution in [0.25, 0.3) is 0 Å². The Balaban J connectivity index is 1.41. The van der Waals surface area contributed by atoms with E-state index in [1.807, 2.05) is 6.07 Å². The van der Waals surface area contributed by atoms with Crippen molar-refractivity contribution >= 4 is 0 Å². The average Bonchev–Trinajstić information content (AvgIpc) is 2.73. The van der Waals surface area contributed by atoms with Crippen molar-refractivity contribution in [1.29, 1.82) is 0 Å². The summed E-state index contributed by atoms with van der Waals surface area (Å²) in [6.07, 6.45) is 1.85. The number of piperidine rings is 2. The zero-order chi connectivity index (χ0) is 21.3. The van der Waals surface area contributed by atoms with Crippen LogP contribution in [0.15, 0.2) is 54.7 Å². The minimum Gasteiger partial charge on any atom is -0.370 e.